The number of hydrogen-bond acceptors (Lipinski definition) is 7. The molecule has 2 N–H and O–H groups in total. The van der Waals surface area contributed by atoms with Crippen molar-refractivity contribution in [1.29, 1.82) is 0 Å². The van der Waals surface area contributed by atoms with E-state index in [0.717, 1.165) is 0 Å². The number of carbonyl (C=O) groups excluding carboxylic acids is 3. The number of rotatable bonds is 13. The molecular formula is C14H25NO6S2. The number of carbonyl (C=O) groups is 4. The van der Waals surface area contributed by atoms with Crippen molar-refractivity contribution in [3.05, 3.63) is 0 Å². The van der Waals surface area contributed by atoms with Crippen LogP contribution in [0.4, 0.5) is 0 Å². The number of methoxy groups -OCH3 is 1. The molecule has 0 fully saturated rings. The van der Waals surface area contributed by atoms with E-state index < -0.39 is 12.0 Å². The summed E-state index contributed by atoms with van der Waals surface area (Å²) in [4.78, 5) is 44.3. The van der Waals surface area contributed by atoms with Crippen LogP contribution < -0.4 is 5.32 Å². The number of hydrogen-bond donors (Lipinski definition) is 2. The summed E-state index contributed by atoms with van der Waals surface area (Å²) in [6, 6.07) is -0.918. The summed E-state index contributed by atoms with van der Waals surface area (Å²) in [6.45, 7) is 1.27. The van der Waals surface area contributed by atoms with Gasteiger partial charge in [0.05, 0.1) is 7.11 Å². The molecule has 0 bridgehead atoms. The van der Waals surface area contributed by atoms with Crippen LogP contribution in [0.2, 0.25) is 0 Å². The molecule has 1 atom stereocenters. The van der Waals surface area contributed by atoms with Crippen LogP contribution in [0.25, 0.3) is 0 Å². The van der Waals surface area contributed by atoms with Crippen LogP contribution in [0.3, 0.4) is 0 Å². The van der Waals surface area contributed by atoms with Gasteiger partial charge < -0.3 is 15.2 Å². The van der Waals surface area contributed by atoms with E-state index in [0.29, 0.717) is 37.9 Å². The lowest BCUT2D eigenvalue weighted by Crippen LogP contribution is -2.41. The molecule has 0 aromatic rings. The second-order valence-corrected chi connectivity index (χ2v) is 7.40. The third-order valence-electron chi connectivity index (χ3n) is 2.77. The molecule has 1 amide bonds. The Bertz CT molecular complexity index is 422. The molecule has 0 aliphatic heterocycles. The van der Waals surface area contributed by atoms with Gasteiger partial charge >= 0.3 is 11.9 Å². The normalized spacial score (nSPS) is 11.6. The summed E-state index contributed by atoms with van der Waals surface area (Å²) in [5, 5.41) is 11.3. The van der Waals surface area contributed by atoms with Crippen molar-refractivity contribution in [2.45, 2.75) is 45.1 Å². The molecule has 0 rings (SSSR count). The van der Waals surface area contributed by atoms with Gasteiger partial charge in [-0.25, -0.2) is 4.79 Å². The number of carboxylic acids is 1. The number of Topliss-reactive ketones (excluding diaryl/α,β-unsaturated/α-hetero) is 1. The highest BCUT2D eigenvalue weighted by Crippen LogP contribution is 2.23. The fourth-order valence-electron chi connectivity index (χ4n) is 1.57. The SMILES string of the molecule is COC(=O)CCCCC(=O)CCSSC[C@H](NC(C)=O)C(=O)O.[2HH]. The van der Waals surface area contributed by atoms with Crippen LogP contribution in [0.1, 0.15) is 40.5 Å². The average molecular weight is 368 g/mol. The van der Waals surface area contributed by atoms with Crippen LogP contribution in [0.15, 0.2) is 0 Å². The Hall–Kier alpha value is -1.22. The highest BCUT2D eigenvalue weighted by atomic mass is 33.1. The highest BCUT2D eigenvalue weighted by molar-refractivity contribution is 8.76. The first-order valence-corrected chi connectivity index (χ1v) is 9.68. The largest absolute Gasteiger partial charge is 0.480 e. The molecule has 9 heteroatoms. The minimum atomic E-state index is -1.07. The van der Waals surface area contributed by atoms with Crippen LogP contribution >= 0.6 is 21.6 Å². The minimum Gasteiger partial charge on any atom is -0.480 e. The number of carboxylic acid groups (broad SMARTS) is 1. The molecule has 0 radical (unpaired) electrons. The van der Waals surface area contributed by atoms with Gasteiger partial charge in [0.1, 0.15) is 11.8 Å². The van der Waals surface area contributed by atoms with Crippen molar-refractivity contribution >= 4 is 45.2 Å². The zero-order chi connectivity index (χ0) is 17.7. The molecule has 0 aromatic heterocycles. The number of unbranched alkanes of at least 4 members (excludes halogenated alkanes) is 1. The standard InChI is InChI=1S/C14H23NO6S2.H2/c1-10(16)15-12(14(19)20)9-23-22-8-7-11(17)5-3-4-6-13(18)21-2;/h12H,3-9H2,1-2H3,(H,15,16)(H,19,20);1H/t12-;/m0./s1/i;1+1. The number of aliphatic carboxylic acids is 1. The number of ether oxygens (including phenoxy) is 1. The van der Waals surface area contributed by atoms with Crippen LogP contribution in [-0.2, 0) is 23.9 Å². The van der Waals surface area contributed by atoms with Gasteiger partial charge in [-0.05, 0) is 12.8 Å². The monoisotopic (exact) mass is 368 g/mol. The van der Waals surface area contributed by atoms with Gasteiger partial charge in [-0.1, -0.05) is 21.6 Å². The Balaban J connectivity index is 0. The van der Waals surface area contributed by atoms with Gasteiger partial charge in [0.15, 0.2) is 0 Å². The quantitative estimate of drug-likeness (QED) is 0.288. The Morgan fingerprint density at radius 2 is 1.78 bits per heavy atom. The second-order valence-electron chi connectivity index (χ2n) is 4.77. The zero-order valence-corrected chi connectivity index (χ0v) is 15.0. The summed E-state index contributed by atoms with van der Waals surface area (Å²) >= 11 is 0. The van der Waals surface area contributed by atoms with Crippen molar-refractivity contribution in [2.24, 2.45) is 0 Å². The molecule has 0 spiro atoms. The predicted molar refractivity (Wildman–Crippen MR) is 92.4 cm³/mol. The first-order valence-electron chi connectivity index (χ1n) is 7.19. The Morgan fingerprint density at radius 1 is 1.13 bits per heavy atom. The molecular weight excluding hydrogens is 342 g/mol. The van der Waals surface area contributed by atoms with Crippen molar-refractivity contribution in [1.82, 2.24) is 5.32 Å². The van der Waals surface area contributed by atoms with Crippen LogP contribution in [0.5, 0.6) is 0 Å². The summed E-state index contributed by atoms with van der Waals surface area (Å²) in [7, 11) is 4.06. The van der Waals surface area contributed by atoms with Gasteiger partial charge in [-0.2, -0.15) is 0 Å². The number of ketones is 1. The third kappa shape index (κ3) is 13.0. The maximum Gasteiger partial charge on any atom is 0.327 e. The number of nitrogens with one attached hydrogen (secondary N) is 1. The first kappa shape index (κ1) is 21.8. The fourth-order valence-corrected chi connectivity index (χ4v) is 3.76. The van der Waals surface area contributed by atoms with Gasteiger partial charge in [-0.15, -0.1) is 0 Å². The molecule has 0 aromatic carbocycles. The van der Waals surface area contributed by atoms with Crippen molar-refractivity contribution in [2.75, 3.05) is 18.6 Å². The molecule has 0 saturated heterocycles. The van der Waals surface area contributed by atoms with Gasteiger partial charge in [-0.3, -0.25) is 14.4 Å². The molecule has 0 aliphatic carbocycles. The van der Waals surface area contributed by atoms with E-state index in [9.17, 15) is 19.2 Å². The molecule has 0 saturated carbocycles. The van der Waals surface area contributed by atoms with Crippen molar-refractivity contribution < 1.29 is 30.4 Å². The summed E-state index contributed by atoms with van der Waals surface area (Å²) in [5.74, 6) is -0.768. The first-order chi connectivity index (χ1) is 10.9. The Kier molecular flexibility index (Phi) is 12.5. The smallest absolute Gasteiger partial charge is 0.327 e. The van der Waals surface area contributed by atoms with Gasteiger partial charge in [0.25, 0.3) is 0 Å². The average Bonchev–Trinajstić information content (AvgIpc) is 2.49. The molecule has 0 aliphatic rings. The molecule has 0 heterocycles. The summed E-state index contributed by atoms with van der Waals surface area (Å²) < 4.78 is 4.51. The highest BCUT2D eigenvalue weighted by Gasteiger charge is 2.18. The lowest BCUT2D eigenvalue weighted by Gasteiger charge is -2.11. The van der Waals surface area contributed by atoms with E-state index in [1.54, 1.807) is 0 Å². The zero-order valence-electron chi connectivity index (χ0n) is 13.3. The number of esters is 1. The van der Waals surface area contributed by atoms with E-state index in [2.05, 4.69) is 10.1 Å². The lowest BCUT2D eigenvalue weighted by atomic mass is 10.1. The third-order valence-corrected chi connectivity index (χ3v) is 5.19. The van der Waals surface area contributed by atoms with E-state index >= 15 is 0 Å². The van der Waals surface area contributed by atoms with Gasteiger partial charge in [0.2, 0.25) is 5.91 Å². The van der Waals surface area contributed by atoms with Crippen molar-refractivity contribution in [3.63, 3.8) is 0 Å². The molecule has 7 nitrogen and oxygen atoms in total. The summed E-state index contributed by atoms with van der Waals surface area (Å²) in [5.41, 5.74) is 0. The topological polar surface area (TPSA) is 110 Å². The van der Waals surface area contributed by atoms with E-state index in [-0.39, 0.29) is 24.8 Å². The van der Waals surface area contributed by atoms with Gasteiger partial charge in [0, 0.05) is 39.1 Å². The predicted octanol–water partition coefficient (Wildman–Crippen LogP) is 1.90. The van der Waals surface area contributed by atoms with Crippen LogP contribution in [0, 0.1) is 0 Å². The Morgan fingerprint density at radius 3 is 2.35 bits per heavy atom. The maximum absolute atomic E-state index is 11.6. The molecule has 23 heavy (non-hydrogen) atoms. The molecule has 134 valence electrons. The molecule has 0 unspecified atom stereocenters. The Labute approximate surface area is 145 Å². The van der Waals surface area contributed by atoms with E-state index in [1.807, 2.05) is 0 Å². The second kappa shape index (κ2) is 13.2. The summed E-state index contributed by atoms with van der Waals surface area (Å²) in [6.07, 6.45) is 2.47. The lowest BCUT2D eigenvalue weighted by molar-refractivity contribution is -0.141. The van der Waals surface area contributed by atoms with Crippen molar-refractivity contribution in [3.8, 4) is 0 Å². The fraction of sp³-hybridized carbons (Fsp3) is 0.714. The van der Waals surface area contributed by atoms with Crippen LogP contribution in [-0.4, -0.2) is 53.4 Å². The van der Waals surface area contributed by atoms with E-state index in [4.69, 9.17) is 5.11 Å². The maximum atomic E-state index is 11.6. The van der Waals surface area contributed by atoms with E-state index in [1.165, 1.54) is 35.6 Å². The minimum absolute atomic E-state index is 0. The number of amides is 1.